The second-order valence-electron chi connectivity index (χ2n) is 6.69. The molecule has 1 amide bonds. The second kappa shape index (κ2) is 12.0. The number of esters is 1. The van der Waals surface area contributed by atoms with Crippen molar-refractivity contribution in [1.29, 1.82) is 0 Å². The average molecular weight is 505 g/mol. The van der Waals surface area contributed by atoms with Gasteiger partial charge in [0.15, 0.2) is 18.1 Å². The molecule has 3 aromatic carbocycles. The zero-order valence-electron chi connectivity index (χ0n) is 17.9. The molecule has 0 bridgehead atoms. The Hall–Kier alpha value is -3.62. The summed E-state index contributed by atoms with van der Waals surface area (Å²) in [5.74, 6) is -0.731. The highest BCUT2D eigenvalue weighted by Crippen LogP contribution is 2.30. The number of carbonyl (C=O) groups is 2. The van der Waals surface area contributed by atoms with Gasteiger partial charge in [-0.25, -0.2) is 14.6 Å². The Labute approximate surface area is 205 Å². The van der Waals surface area contributed by atoms with Crippen molar-refractivity contribution < 1.29 is 28.2 Å². The van der Waals surface area contributed by atoms with E-state index in [-0.39, 0.29) is 22.9 Å². The van der Waals surface area contributed by atoms with Crippen molar-refractivity contribution in [3.63, 3.8) is 0 Å². The Balaban J connectivity index is 1.61. The molecule has 176 valence electrons. The molecule has 0 fully saturated rings. The predicted octanol–water partition coefficient (Wildman–Crippen LogP) is 5.28. The second-order valence-corrected chi connectivity index (χ2v) is 7.53. The molecule has 1 N–H and O–H groups in total. The van der Waals surface area contributed by atoms with Crippen molar-refractivity contribution in [2.24, 2.45) is 5.10 Å². The molecule has 7 nitrogen and oxygen atoms in total. The fraction of sp³-hybridized carbons (Fsp3) is 0.125. The molecule has 0 aromatic heterocycles. The highest BCUT2D eigenvalue weighted by Gasteiger charge is 2.16. The molecular formula is C24H19Cl2FN2O5. The fourth-order valence-electron chi connectivity index (χ4n) is 2.66. The van der Waals surface area contributed by atoms with E-state index in [2.05, 4.69) is 10.5 Å². The van der Waals surface area contributed by atoms with E-state index in [1.54, 1.807) is 19.1 Å². The number of amides is 1. The molecule has 0 unspecified atom stereocenters. The quantitative estimate of drug-likeness (QED) is 0.185. The Morgan fingerprint density at radius 1 is 1.00 bits per heavy atom. The maximum absolute atomic E-state index is 12.9. The molecule has 0 aliphatic rings. The number of nitrogens with one attached hydrogen (secondary N) is 1. The zero-order valence-corrected chi connectivity index (χ0v) is 19.4. The van der Waals surface area contributed by atoms with Gasteiger partial charge in [-0.2, -0.15) is 5.10 Å². The van der Waals surface area contributed by atoms with Gasteiger partial charge in [-0.3, -0.25) is 4.79 Å². The van der Waals surface area contributed by atoms with Gasteiger partial charge in [-0.05, 0) is 73.2 Å². The number of halogens is 3. The number of rotatable bonds is 9. The predicted molar refractivity (Wildman–Crippen MR) is 127 cm³/mol. The molecule has 0 heterocycles. The Kier molecular flexibility index (Phi) is 8.84. The van der Waals surface area contributed by atoms with Crippen LogP contribution in [0.25, 0.3) is 0 Å². The molecule has 3 aromatic rings. The van der Waals surface area contributed by atoms with E-state index in [9.17, 15) is 14.0 Å². The number of nitrogens with zero attached hydrogens (tertiary/aromatic N) is 1. The van der Waals surface area contributed by atoms with Crippen LogP contribution < -0.4 is 19.6 Å². The van der Waals surface area contributed by atoms with Crippen molar-refractivity contribution in [3.8, 4) is 17.2 Å². The lowest BCUT2D eigenvalue weighted by atomic mass is 10.2. The van der Waals surface area contributed by atoms with Gasteiger partial charge in [0, 0.05) is 5.02 Å². The molecule has 0 aliphatic carbocycles. The van der Waals surface area contributed by atoms with Crippen molar-refractivity contribution in [1.82, 2.24) is 5.43 Å². The Morgan fingerprint density at radius 2 is 1.76 bits per heavy atom. The first-order valence-electron chi connectivity index (χ1n) is 10.00. The number of benzene rings is 3. The van der Waals surface area contributed by atoms with E-state index in [1.807, 2.05) is 0 Å². The van der Waals surface area contributed by atoms with Crippen LogP contribution in [0.3, 0.4) is 0 Å². The van der Waals surface area contributed by atoms with Gasteiger partial charge >= 0.3 is 5.97 Å². The third-order valence-electron chi connectivity index (χ3n) is 4.21. The third-order valence-corrected chi connectivity index (χ3v) is 4.76. The smallest absolute Gasteiger partial charge is 0.345 e. The Bertz CT molecular complexity index is 1200. The third kappa shape index (κ3) is 7.19. The Morgan fingerprint density at radius 3 is 2.47 bits per heavy atom. The van der Waals surface area contributed by atoms with Gasteiger partial charge in [0.05, 0.1) is 23.4 Å². The average Bonchev–Trinajstić information content (AvgIpc) is 2.80. The van der Waals surface area contributed by atoms with Gasteiger partial charge in [0.2, 0.25) is 0 Å². The van der Waals surface area contributed by atoms with Crippen molar-refractivity contribution in [2.75, 3.05) is 13.2 Å². The molecule has 3 rings (SSSR count). The normalized spacial score (nSPS) is 10.7. The van der Waals surface area contributed by atoms with Crippen LogP contribution in [0.2, 0.25) is 10.0 Å². The van der Waals surface area contributed by atoms with E-state index in [1.165, 1.54) is 54.7 Å². The molecule has 0 saturated carbocycles. The first-order valence-corrected chi connectivity index (χ1v) is 10.8. The van der Waals surface area contributed by atoms with Crippen LogP contribution in [0, 0.1) is 5.82 Å². The van der Waals surface area contributed by atoms with Crippen LogP contribution in [0.1, 0.15) is 22.8 Å². The lowest BCUT2D eigenvalue weighted by Crippen LogP contribution is -2.24. The van der Waals surface area contributed by atoms with Crippen LogP contribution >= 0.6 is 23.2 Å². The summed E-state index contributed by atoms with van der Waals surface area (Å²) in [6, 6.07) is 14.5. The van der Waals surface area contributed by atoms with E-state index in [0.717, 1.165) is 0 Å². The first kappa shape index (κ1) is 25.0. The summed E-state index contributed by atoms with van der Waals surface area (Å²) in [6.45, 7) is 1.81. The number of hydrogen-bond acceptors (Lipinski definition) is 6. The van der Waals surface area contributed by atoms with Crippen molar-refractivity contribution in [3.05, 3.63) is 87.7 Å². The van der Waals surface area contributed by atoms with Crippen LogP contribution in [0.15, 0.2) is 65.8 Å². The number of hydrazone groups is 1. The van der Waals surface area contributed by atoms with Gasteiger partial charge in [0.1, 0.15) is 11.6 Å². The zero-order chi connectivity index (χ0) is 24.5. The summed E-state index contributed by atoms with van der Waals surface area (Å²) < 4.78 is 29.1. The van der Waals surface area contributed by atoms with Crippen molar-refractivity contribution >= 4 is 41.3 Å². The largest absolute Gasteiger partial charge is 0.490 e. The van der Waals surface area contributed by atoms with Crippen LogP contribution in [-0.2, 0) is 4.79 Å². The van der Waals surface area contributed by atoms with Gasteiger partial charge in [-0.15, -0.1) is 0 Å². The minimum atomic E-state index is -0.669. The minimum absolute atomic E-state index is 0.157. The molecule has 0 atom stereocenters. The standard InChI is InChI=1S/C24H19Cl2FN2O5/c1-2-32-22-11-15(13-28-29-23(30)14-33-18-7-5-17(27)6-8-18)3-10-21(22)34-24(31)19-9-4-16(25)12-20(19)26/h3-13H,2,14H2,1H3,(H,29,30)/b28-13+. The maximum Gasteiger partial charge on any atom is 0.345 e. The number of carbonyl (C=O) groups excluding carboxylic acids is 2. The highest BCUT2D eigenvalue weighted by molar-refractivity contribution is 6.36. The van der Waals surface area contributed by atoms with Crippen LogP contribution in [0.5, 0.6) is 17.2 Å². The van der Waals surface area contributed by atoms with Gasteiger partial charge < -0.3 is 14.2 Å². The molecule has 34 heavy (non-hydrogen) atoms. The number of hydrogen-bond donors (Lipinski definition) is 1. The highest BCUT2D eigenvalue weighted by atomic mass is 35.5. The molecule has 0 spiro atoms. The monoisotopic (exact) mass is 504 g/mol. The summed E-state index contributed by atoms with van der Waals surface area (Å²) in [5, 5.41) is 4.43. The minimum Gasteiger partial charge on any atom is -0.490 e. The summed E-state index contributed by atoms with van der Waals surface area (Å²) >= 11 is 11.9. The molecule has 10 heteroatoms. The fourth-order valence-corrected chi connectivity index (χ4v) is 3.14. The van der Waals surface area contributed by atoms with Gasteiger partial charge in [0.25, 0.3) is 5.91 Å². The lowest BCUT2D eigenvalue weighted by molar-refractivity contribution is -0.123. The van der Waals surface area contributed by atoms with E-state index >= 15 is 0 Å². The summed E-state index contributed by atoms with van der Waals surface area (Å²) in [6.07, 6.45) is 1.39. The van der Waals surface area contributed by atoms with Gasteiger partial charge in [-0.1, -0.05) is 23.2 Å². The van der Waals surface area contributed by atoms with Crippen molar-refractivity contribution in [2.45, 2.75) is 6.92 Å². The number of ether oxygens (including phenoxy) is 3. The first-order chi connectivity index (χ1) is 16.4. The molecule has 0 radical (unpaired) electrons. The van der Waals surface area contributed by atoms with E-state index in [0.29, 0.717) is 28.7 Å². The van der Waals surface area contributed by atoms with Crippen LogP contribution in [0.4, 0.5) is 4.39 Å². The molecule has 0 aliphatic heterocycles. The lowest BCUT2D eigenvalue weighted by Gasteiger charge is -2.12. The molecular weight excluding hydrogens is 486 g/mol. The van der Waals surface area contributed by atoms with E-state index < -0.39 is 17.7 Å². The maximum atomic E-state index is 12.9. The summed E-state index contributed by atoms with van der Waals surface area (Å²) in [7, 11) is 0. The topological polar surface area (TPSA) is 86.2 Å². The van der Waals surface area contributed by atoms with Crippen LogP contribution in [-0.4, -0.2) is 31.3 Å². The SMILES string of the molecule is CCOc1cc(/C=N/NC(=O)COc2ccc(F)cc2)ccc1OC(=O)c1ccc(Cl)cc1Cl. The molecule has 0 saturated heterocycles. The summed E-state index contributed by atoms with van der Waals surface area (Å²) in [4.78, 5) is 24.4. The summed E-state index contributed by atoms with van der Waals surface area (Å²) in [5.41, 5.74) is 3.06. The van der Waals surface area contributed by atoms with E-state index in [4.69, 9.17) is 37.4 Å².